The predicted molar refractivity (Wildman–Crippen MR) is 69.0 cm³/mol. The average molecular weight is 238 g/mol. The quantitative estimate of drug-likeness (QED) is 0.542. The molecule has 0 radical (unpaired) electrons. The number of pyridine rings is 1. The molecule has 5 N–H and O–H groups in total. The maximum Gasteiger partial charge on any atom is 0.128 e. The summed E-state index contributed by atoms with van der Waals surface area (Å²) in [6, 6.07) is 3.56. The molecule has 96 valence electrons. The highest BCUT2D eigenvalue weighted by atomic mass is 16.5. The molecule has 1 rings (SSSR count). The number of aromatic nitrogens is 1. The summed E-state index contributed by atoms with van der Waals surface area (Å²) in [5.41, 5.74) is 9.44. The first kappa shape index (κ1) is 13.9. The van der Waals surface area contributed by atoms with Gasteiger partial charge in [-0.2, -0.15) is 0 Å². The van der Waals surface area contributed by atoms with Gasteiger partial charge in [-0.15, -0.1) is 0 Å². The molecular weight excluding hydrogens is 216 g/mol. The van der Waals surface area contributed by atoms with Gasteiger partial charge in [0.05, 0.1) is 12.1 Å². The van der Waals surface area contributed by atoms with E-state index in [1.807, 2.05) is 12.1 Å². The molecule has 0 aliphatic rings. The Kier molecular flexibility index (Phi) is 4.45. The van der Waals surface area contributed by atoms with E-state index in [1.165, 1.54) is 0 Å². The van der Waals surface area contributed by atoms with Crippen molar-refractivity contribution in [3.05, 3.63) is 23.9 Å². The molecule has 0 aliphatic heterocycles. The number of hydrogen-bond donors (Lipinski definition) is 3. The molecule has 0 aromatic carbocycles. The summed E-state index contributed by atoms with van der Waals surface area (Å²) in [6.45, 7) is 6.29. The lowest BCUT2D eigenvalue weighted by molar-refractivity contribution is -0.0119. The number of methoxy groups -OCH3 is 1. The Morgan fingerprint density at radius 2 is 2.06 bits per heavy atom. The Morgan fingerprint density at radius 1 is 1.41 bits per heavy atom. The third kappa shape index (κ3) is 3.15. The van der Waals surface area contributed by atoms with Crippen molar-refractivity contribution in [3.8, 4) is 0 Å². The Bertz CT molecular complexity index is 362. The first-order valence-electron chi connectivity index (χ1n) is 5.61. The van der Waals surface area contributed by atoms with Crippen LogP contribution in [0.15, 0.2) is 18.3 Å². The second-order valence-electron chi connectivity index (χ2n) is 5.14. The van der Waals surface area contributed by atoms with Crippen LogP contribution in [0, 0.1) is 5.41 Å². The third-order valence-corrected chi connectivity index (χ3v) is 2.80. The minimum Gasteiger partial charge on any atom is -0.383 e. The number of ether oxygens (including phenoxy) is 1. The fourth-order valence-electron chi connectivity index (χ4n) is 2.02. The van der Waals surface area contributed by atoms with E-state index in [1.54, 1.807) is 13.3 Å². The van der Waals surface area contributed by atoms with Gasteiger partial charge >= 0.3 is 0 Å². The Labute approximate surface area is 103 Å². The van der Waals surface area contributed by atoms with E-state index in [0.29, 0.717) is 5.82 Å². The van der Waals surface area contributed by atoms with E-state index < -0.39 is 0 Å². The van der Waals surface area contributed by atoms with Crippen molar-refractivity contribution in [1.29, 1.82) is 0 Å². The first-order chi connectivity index (χ1) is 7.91. The highest BCUT2D eigenvalue weighted by molar-refractivity contribution is 5.41. The topological polar surface area (TPSA) is 86.2 Å². The summed E-state index contributed by atoms with van der Waals surface area (Å²) in [4.78, 5) is 4.07. The molecule has 2 atom stereocenters. The molecule has 0 fully saturated rings. The molecule has 0 saturated heterocycles. The molecule has 17 heavy (non-hydrogen) atoms. The van der Waals surface area contributed by atoms with E-state index in [2.05, 4.69) is 31.2 Å². The van der Waals surface area contributed by atoms with Gasteiger partial charge in [-0.25, -0.2) is 4.98 Å². The minimum absolute atomic E-state index is 0.0614. The van der Waals surface area contributed by atoms with Crippen molar-refractivity contribution in [2.75, 3.05) is 12.8 Å². The van der Waals surface area contributed by atoms with Crippen LogP contribution in [0.1, 0.15) is 32.4 Å². The Hall–Kier alpha value is -1.17. The maximum absolute atomic E-state index is 5.87. The molecule has 0 aliphatic carbocycles. The third-order valence-electron chi connectivity index (χ3n) is 2.80. The zero-order valence-electron chi connectivity index (χ0n) is 10.9. The fourth-order valence-corrected chi connectivity index (χ4v) is 2.02. The van der Waals surface area contributed by atoms with E-state index >= 15 is 0 Å². The molecule has 1 heterocycles. The minimum atomic E-state index is -0.186. The average Bonchev–Trinajstić information content (AvgIpc) is 2.25. The molecule has 5 heteroatoms. The summed E-state index contributed by atoms with van der Waals surface area (Å²) >= 11 is 0. The number of rotatable bonds is 4. The van der Waals surface area contributed by atoms with Gasteiger partial charge in [-0.1, -0.05) is 26.8 Å². The number of nitrogens with two attached hydrogens (primary N) is 2. The van der Waals surface area contributed by atoms with Crippen molar-refractivity contribution in [2.24, 2.45) is 11.3 Å². The predicted octanol–water partition coefficient (Wildman–Crippen LogP) is 1.23. The highest BCUT2D eigenvalue weighted by Crippen LogP contribution is 2.33. The number of nitrogens with one attached hydrogen (secondary N) is 1. The van der Waals surface area contributed by atoms with Gasteiger partial charge in [-0.3, -0.25) is 11.3 Å². The maximum atomic E-state index is 5.87. The van der Waals surface area contributed by atoms with Gasteiger partial charge in [0.15, 0.2) is 0 Å². The van der Waals surface area contributed by atoms with E-state index in [9.17, 15) is 0 Å². The first-order valence-corrected chi connectivity index (χ1v) is 5.61. The molecule has 5 nitrogen and oxygen atoms in total. The number of hydrazine groups is 1. The fraction of sp³-hybridized carbons (Fsp3) is 0.583. The summed E-state index contributed by atoms with van der Waals surface area (Å²) in [5.74, 6) is 6.11. The van der Waals surface area contributed by atoms with Gasteiger partial charge in [0, 0.05) is 18.9 Å². The van der Waals surface area contributed by atoms with Crippen LogP contribution < -0.4 is 17.0 Å². The second-order valence-corrected chi connectivity index (χ2v) is 5.14. The lowest BCUT2D eigenvalue weighted by Gasteiger charge is -2.36. The van der Waals surface area contributed by atoms with Crippen LogP contribution in [0.3, 0.4) is 0 Å². The number of nitrogens with zero attached hydrogens (tertiary/aromatic N) is 1. The van der Waals surface area contributed by atoms with E-state index in [-0.39, 0.29) is 17.6 Å². The van der Waals surface area contributed by atoms with Crippen LogP contribution in [0.2, 0.25) is 0 Å². The molecule has 0 amide bonds. The van der Waals surface area contributed by atoms with E-state index in [0.717, 1.165) is 5.56 Å². The largest absolute Gasteiger partial charge is 0.383 e. The lowest BCUT2D eigenvalue weighted by atomic mass is 9.82. The molecular formula is C12H22N4O. The van der Waals surface area contributed by atoms with Crippen molar-refractivity contribution >= 4 is 5.82 Å². The lowest BCUT2D eigenvalue weighted by Crippen LogP contribution is -2.44. The molecule has 1 aromatic heterocycles. The Morgan fingerprint density at radius 3 is 2.47 bits per heavy atom. The summed E-state index contributed by atoms with van der Waals surface area (Å²) in [5, 5.41) is 0. The van der Waals surface area contributed by atoms with Gasteiger partial charge in [0.25, 0.3) is 0 Å². The van der Waals surface area contributed by atoms with Gasteiger partial charge in [-0.05, 0) is 11.5 Å². The number of anilines is 1. The van der Waals surface area contributed by atoms with Crippen LogP contribution in [-0.2, 0) is 4.74 Å². The molecule has 0 bridgehead atoms. The standard InChI is InChI=1S/C12H22N4O/c1-12(2,3)10(17-4)9(16-14)8-6-5-7-15-11(8)13/h5-7,9-10,16H,14H2,1-4H3,(H2,13,15). The Balaban J connectivity index is 3.10. The van der Waals surface area contributed by atoms with Crippen LogP contribution in [0.25, 0.3) is 0 Å². The smallest absolute Gasteiger partial charge is 0.128 e. The summed E-state index contributed by atoms with van der Waals surface area (Å²) in [7, 11) is 1.67. The number of hydrogen-bond acceptors (Lipinski definition) is 5. The molecule has 0 saturated carbocycles. The zero-order chi connectivity index (χ0) is 13.1. The summed E-state index contributed by atoms with van der Waals surface area (Å²) < 4.78 is 5.55. The van der Waals surface area contributed by atoms with Crippen LogP contribution in [0.4, 0.5) is 5.82 Å². The normalized spacial score (nSPS) is 15.6. The summed E-state index contributed by atoms with van der Waals surface area (Å²) in [6.07, 6.45) is 1.56. The van der Waals surface area contributed by atoms with Gasteiger partial charge in [0.1, 0.15) is 5.82 Å². The van der Waals surface area contributed by atoms with Crippen LogP contribution in [-0.4, -0.2) is 18.2 Å². The SMILES string of the molecule is COC(C(NN)c1cccnc1N)C(C)(C)C. The number of nitrogen functional groups attached to an aromatic ring is 1. The van der Waals surface area contributed by atoms with Crippen molar-refractivity contribution in [1.82, 2.24) is 10.4 Å². The molecule has 2 unspecified atom stereocenters. The molecule has 0 spiro atoms. The van der Waals surface area contributed by atoms with Gasteiger partial charge in [0.2, 0.25) is 0 Å². The monoisotopic (exact) mass is 238 g/mol. The van der Waals surface area contributed by atoms with Crippen LogP contribution >= 0.6 is 0 Å². The van der Waals surface area contributed by atoms with Gasteiger partial charge < -0.3 is 10.5 Å². The second kappa shape index (κ2) is 5.44. The van der Waals surface area contributed by atoms with Crippen LogP contribution in [0.5, 0.6) is 0 Å². The zero-order valence-corrected chi connectivity index (χ0v) is 10.9. The van der Waals surface area contributed by atoms with E-state index in [4.69, 9.17) is 16.3 Å². The van der Waals surface area contributed by atoms with Crippen molar-refractivity contribution < 1.29 is 4.74 Å². The molecule has 1 aromatic rings. The van der Waals surface area contributed by atoms with Crippen molar-refractivity contribution in [2.45, 2.75) is 32.9 Å². The van der Waals surface area contributed by atoms with Crippen molar-refractivity contribution in [3.63, 3.8) is 0 Å². The highest BCUT2D eigenvalue weighted by Gasteiger charge is 2.33.